The third-order valence-electron chi connectivity index (χ3n) is 5.18. The summed E-state index contributed by atoms with van der Waals surface area (Å²) in [6.45, 7) is 6.02. The minimum absolute atomic E-state index is 0.117. The van der Waals surface area contributed by atoms with Crippen molar-refractivity contribution in [1.82, 2.24) is 14.7 Å². The van der Waals surface area contributed by atoms with Gasteiger partial charge in [0.2, 0.25) is 11.0 Å². The van der Waals surface area contributed by atoms with Crippen molar-refractivity contribution < 1.29 is 9.18 Å². The highest BCUT2D eigenvalue weighted by Gasteiger charge is 2.35. The van der Waals surface area contributed by atoms with E-state index < -0.39 is 0 Å². The lowest BCUT2D eigenvalue weighted by molar-refractivity contribution is -0.118. The lowest BCUT2D eigenvalue weighted by atomic mass is 10.2. The van der Waals surface area contributed by atoms with Crippen LogP contribution < -0.4 is 9.80 Å². The molecule has 2 heterocycles. The van der Waals surface area contributed by atoms with E-state index in [1.807, 2.05) is 28.6 Å². The Balaban J connectivity index is 1.39. The second kappa shape index (κ2) is 8.26. The molecule has 1 aliphatic heterocycles. The van der Waals surface area contributed by atoms with Crippen LogP contribution in [0.5, 0.6) is 0 Å². The van der Waals surface area contributed by atoms with E-state index in [1.165, 1.54) is 23.5 Å². The molecule has 2 aliphatic rings. The average Bonchev–Trinajstić information content (AvgIpc) is 3.47. The van der Waals surface area contributed by atoms with Gasteiger partial charge in [0.25, 0.3) is 0 Å². The lowest BCUT2D eigenvalue weighted by Gasteiger charge is -2.35. The standard InChI is InChI=1S/C19H24FN5OS2/c1-2-17(26)25(16-7-8-16)18-21-24(19(27)28-18)13-22-9-11-23(12-10-22)15-5-3-14(20)4-6-15/h3-6,16H,2,7-13H2,1H3. The lowest BCUT2D eigenvalue weighted by Crippen LogP contribution is -2.47. The van der Waals surface area contributed by atoms with Gasteiger partial charge in [-0.05, 0) is 49.3 Å². The van der Waals surface area contributed by atoms with Crippen molar-refractivity contribution in [3.63, 3.8) is 0 Å². The fourth-order valence-corrected chi connectivity index (χ4v) is 4.61. The van der Waals surface area contributed by atoms with E-state index in [0.29, 0.717) is 23.1 Å². The Morgan fingerprint density at radius 2 is 1.93 bits per heavy atom. The zero-order valence-electron chi connectivity index (χ0n) is 15.9. The molecule has 150 valence electrons. The molecule has 6 nitrogen and oxygen atoms in total. The Morgan fingerprint density at radius 1 is 1.25 bits per heavy atom. The van der Waals surface area contributed by atoms with Gasteiger partial charge >= 0.3 is 0 Å². The number of benzene rings is 1. The van der Waals surface area contributed by atoms with Gasteiger partial charge in [0.15, 0.2) is 3.95 Å². The number of carbonyl (C=O) groups is 1. The van der Waals surface area contributed by atoms with Crippen LogP contribution in [0.2, 0.25) is 0 Å². The number of carbonyl (C=O) groups excluding carboxylic acids is 1. The summed E-state index contributed by atoms with van der Waals surface area (Å²) in [7, 11) is 0. The topological polar surface area (TPSA) is 44.6 Å². The van der Waals surface area contributed by atoms with Crippen molar-refractivity contribution in [3.8, 4) is 0 Å². The molecule has 0 N–H and O–H groups in total. The molecular weight excluding hydrogens is 397 g/mol. The maximum atomic E-state index is 13.1. The number of anilines is 2. The number of amides is 1. The van der Waals surface area contributed by atoms with E-state index in [4.69, 9.17) is 12.2 Å². The number of hydrogen-bond acceptors (Lipinski definition) is 6. The molecular formula is C19H24FN5OS2. The molecule has 1 aromatic carbocycles. The first kappa shape index (κ1) is 19.5. The largest absolute Gasteiger partial charge is 0.369 e. The summed E-state index contributed by atoms with van der Waals surface area (Å²) in [5.74, 6) is -0.0933. The fourth-order valence-electron chi connectivity index (χ4n) is 3.44. The molecule has 0 bridgehead atoms. The molecule has 1 amide bonds. The van der Waals surface area contributed by atoms with Gasteiger partial charge in [-0.15, -0.1) is 5.10 Å². The average molecular weight is 422 g/mol. The van der Waals surface area contributed by atoms with Gasteiger partial charge in [0, 0.05) is 44.3 Å². The van der Waals surface area contributed by atoms with Crippen LogP contribution in [0.25, 0.3) is 0 Å². The van der Waals surface area contributed by atoms with Crippen molar-refractivity contribution in [2.75, 3.05) is 36.0 Å². The predicted octanol–water partition coefficient (Wildman–Crippen LogP) is 3.50. The summed E-state index contributed by atoms with van der Waals surface area (Å²) < 4.78 is 15.6. The Kier molecular flexibility index (Phi) is 5.75. The number of aromatic nitrogens is 2. The summed E-state index contributed by atoms with van der Waals surface area (Å²) in [6, 6.07) is 6.94. The Labute approximate surface area is 173 Å². The van der Waals surface area contributed by atoms with Crippen LogP contribution >= 0.6 is 23.6 Å². The van der Waals surface area contributed by atoms with Gasteiger partial charge in [-0.2, -0.15) is 0 Å². The van der Waals surface area contributed by atoms with Crippen LogP contribution in [-0.4, -0.2) is 52.8 Å². The second-order valence-corrected chi connectivity index (χ2v) is 8.82. The monoisotopic (exact) mass is 421 g/mol. The highest BCUT2D eigenvalue weighted by Crippen LogP contribution is 2.34. The van der Waals surface area contributed by atoms with Gasteiger partial charge in [0.1, 0.15) is 5.82 Å². The van der Waals surface area contributed by atoms with E-state index in [0.717, 1.165) is 49.8 Å². The first-order valence-electron chi connectivity index (χ1n) is 9.68. The quantitative estimate of drug-likeness (QED) is 0.668. The molecule has 9 heteroatoms. The summed E-state index contributed by atoms with van der Waals surface area (Å²) in [5.41, 5.74) is 1.05. The molecule has 1 aliphatic carbocycles. The third kappa shape index (κ3) is 4.26. The first-order chi connectivity index (χ1) is 13.5. The van der Waals surface area contributed by atoms with Gasteiger partial charge in [-0.1, -0.05) is 18.3 Å². The Bertz CT molecular complexity index is 884. The Morgan fingerprint density at radius 3 is 2.54 bits per heavy atom. The molecule has 0 atom stereocenters. The van der Waals surface area contributed by atoms with E-state index in [9.17, 15) is 9.18 Å². The van der Waals surface area contributed by atoms with Crippen LogP contribution in [-0.2, 0) is 11.5 Å². The smallest absolute Gasteiger partial charge is 0.228 e. The summed E-state index contributed by atoms with van der Waals surface area (Å²) in [5, 5.41) is 5.39. The van der Waals surface area contributed by atoms with Crippen LogP contribution in [0.15, 0.2) is 24.3 Å². The van der Waals surface area contributed by atoms with Gasteiger partial charge in [-0.25, -0.2) is 9.07 Å². The minimum Gasteiger partial charge on any atom is -0.369 e. The second-order valence-electron chi connectivity index (χ2n) is 7.22. The van der Waals surface area contributed by atoms with E-state index in [1.54, 1.807) is 0 Å². The van der Waals surface area contributed by atoms with Crippen LogP contribution in [0.4, 0.5) is 15.2 Å². The normalized spacial score (nSPS) is 17.7. The zero-order chi connectivity index (χ0) is 19.7. The van der Waals surface area contributed by atoms with E-state index >= 15 is 0 Å². The zero-order valence-corrected chi connectivity index (χ0v) is 17.5. The molecule has 2 fully saturated rings. The van der Waals surface area contributed by atoms with Crippen LogP contribution in [0.3, 0.4) is 0 Å². The van der Waals surface area contributed by atoms with Crippen LogP contribution in [0, 0.1) is 9.77 Å². The number of hydrogen-bond donors (Lipinski definition) is 0. The molecule has 2 aromatic rings. The maximum absolute atomic E-state index is 13.1. The molecule has 1 saturated heterocycles. The van der Waals surface area contributed by atoms with E-state index in [-0.39, 0.29) is 11.7 Å². The van der Waals surface area contributed by atoms with Crippen molar-refractivity contribution in [2.45, 2.75) is 38.9 Å². The Hall–Kier alpha value is -1.84. The summed E-state index contributed by atoms with van der Waals surface area (Å²) in [4.78, 5) is 18.7. The van der Waals surface area contributed by atoms with Crippen molar-refractivity contribution in [1.29, 1.82) is 0 Å². The summed E-state index contributed by atoms with van der Waals surface area (Å²) >= 11 is 6.93. The number of rotatable bonds is 6. The minimum atomic E-state index is -0.210. The van der Waals surface area contributed by atoms with E-state index in [2.05, 4.69) is 14.9 Å². The number of halogens is 1. The van der Waals surface area contributed by atoms with Gasteiger partial charge in [-0.3, -0.25) is 14.6 Å². The molecule has 1 aromatic heterocycles. The maximum Gasteiger partial charge on any atom is 0.228 e. The molecule has 0 unspecified atom stereocenters. The fraction of sp³-hybridized carbons (Fsp3) is 0.526. The highest BCUT2D eigenvalue weighted by molar-refractivity contribution is 7.73. The van der Waals surface area contributed by atoms with Gasteiger partial charge < -0.3 is 4.90 Å². The molecule has 0 radical (unpaired) electrons. The van der Waals surface area contributed by atoms with Gasteiger partial charge in [0.05, 0.1) is 6.67 Å². The predicted molar refractivity (Wildman–Crippen MR) is 112 cm³/mol. The highest BCUT2D eigenvalue weighted by atomic mass is 32.1. The van der Waals surface area contributed by atoms with Crippen LogP contribution in [0.1, 0.15) is 26.2 Å². The summed E-state index contributed by atoms with van der Waals surface area (Å²) in [6.07, 6.45) is 2.57. The van der Waals surface area contributed by atoms with Crippen molar-refractivity contribution in [3.05, 3.63) is 34.0 Å². The first-order valence-corrected chi connectivity index (χ1v) is 10.9. The number of piperazine rings is 1. The van der Waals surface area contributed by atoms with Crippen molar-refractivity contribution in [2.24, 2.45) is 0 Å². The third-order valence-corrected chi connectivity index (χ3v) is 6.49. The number of nitrogens with zero attached hydrogens (tertiary/aromatic N) is 5. The molecule has 0 spiro atoms. The molecule has 28 heavy (non-hydrogen) atoms. The molecule has 1 saturated carbocycles. The SMILES string of the molecule is CCC(=O)N(c1nn(CN2CCN(c3ccc(F)cc3)CC2)c(=S)s1)C1CC1. The van der Waals surface area contributed by atoms with Crippen molar-refractivity contribution >= 4 is 40.3 Å². The molecule has 4 rings (SSSR count).